The Morgan fingerprint density at radius 2 is 1.84 bits per heavy atom. The molecule has 1 aliphatic heterocycles. The number of halogens is 1. The van der Waals surface area contributed by atoms with Gasteiger partial charge < -0.3 is 30.5 Å². The van der Waals surface area contributed by atoms with Crippen molar-refractivity contribution in [3.05, 3.63) is 38.9 Å². The molecule has 0 saturated carbocycles. The predicted molar refractivity (Wildman–Crippen MR) is 79.9 cm³/mol. The third-order valence-electron chi connectivity index (χ3n) is 3.54. The van der Waals surface area contributed by atoms with E-state index in [9.17, 15) is 35.0 Å². The van der Waals surface area contributed by atoms with Gasteiger partial charge in [0.1, 0.15) is 18.3 Å². The maximum absolute atomic E-state index is 12.2. The number of hydrogen-bond donors (Lipinski definition) is 5. The zero-order chi connectivity index (χ0) is 18.9. The quantitative estimate of drug-likeness (QED) is 0.321. The fraction of sp³-hybridized carbons (Fsp3) is 0.385. The molecular weight excluding hydrogens is 364 g/mol. The Morgan fingerprint density at radius 1 is 1.20 bits per heavy atom. The van der Waals surface area contributed by atoms with Crippen LogP contribution < -0.4 is 5.32 Å². The van der Waals surface area contributed by atoms with Gasteiger partial charge in [-0.3, -0.25) is 14.9 Å². The van der Waals surface area contributed by atoms with Crippen LogP contribution in [-0.2, 0) is 9.53 Å². The van der Waals surface area contributed by atoms with Gasteiger partial charge in [-0.05, 0) is 6.07 Å². The molecular formula is C13H13ClN2O9. The molecule has 1 heterocycles. The molecule has 1 amide bonds. The van der Waals surface area contributed by atoms with Gasteiger partial charge in [0.2, 0.25) is 0 Å². The summed E-state index contributed by atoms with van der Waals surface area (Å²) >= 11 is 5.80. The van der Waals surface area contributed by atoms with Crippen LogP contribution in [0.4, 0.5) is 5.69 Å². The summed E-state index contributed by atoms with van der Waals surface area (Å²) in [7, 11) is 0. The third kappa shape index (κ3) is 3.86. The minimum Gasteiger partial charge on any atom is -0.479 e. The number of non-ortho nitro benzene ring substituents is 1. The van der Waals surface area contributed by atoms with Crippen molar-refractivity contribution in [2.45, 2.75) is 30.6 Å². The molecule has 1 aromatic rings. The molecule has 0 aliphatic carbocycles. The Balaban J connectivity index is 2.19. The van der Waals surface area contributed by atoms with E-state index in [0.29, 0.717) is 0 Å². The summed E-state index contributed by atoms with van der Waals surface area (Å²) in [5.74, 6) is -2.54. The lowest BCUT2D eigenvalue weighted by atomic mass is 9.98. The molecule has 0 bridgehead atoms. The van der Waals surface area contributed by atoms with E-state index in [4.69, 9.17) is 21.4 Å². The minimum absolute atomic E-state index is 0.199. The van der Waals surface area contributed by atoms with Gasteiger partial charge >= 0.3 is 5.97 Å². The molecule has 2 rings (SSSR count). The normalized spacial score (nSPS) is 29.0. The van der Waals surface area contributed by atoms with Gasteiger partial charge in [0.15, 0.2) is 12.3 Å². The summed E-state index contributed by atoms with van der Waals surface area (Å²) in [4.78, 5) is 33.1. The molecule has 0 aromatic heterocycles. The van der Waals surface area contributed by atoms with E-state index >= 15 is 0 Å². The van der Waals surface area contributed by atoms with Gasteiger partial charge in [0.25, 0.3) is 11.6 Å². The van der Waals surface area contributed by atoms with Crippen LogP contribution in [0.25, 0.3) is 0 Å². The summed E-state index contributed by atoms with van der Waals surface area (Å²) in [6.45, 7) is 0. The van der Waals surface area contributed by atoms with Crippen molar-refractivity contribution in [1.29, 1.82) is 0 Å². The van der Waals surface area contributed by atoms with E-state index in [-0.39, 0.29) is 16.3 Å². The van der Waals surface area contributed by atoms with Crippen LogP contribution in [0, 0.1) is 10.1 Å². The first-order valence-electron chi connectivity index (χ1n) is 6.80. The molecule has 5 N–H and O–H groups in total. The number of carboxylic acids is 1. The number of hydrogen-bond acceptors (Lipinski definition) is 8. The Kier molecular flexibility index (Phi) is 5.55. The number of aliphatic hydroxyl groups is 3. The summed E-state index contributed by atoms with van der Waals surface area (Å²) in [6, 6.07) is 3.02. The van der Waals surface area contributed by atoms with Crippen molar-refractivity contribution >= 4 is 29.2 Å². The molecule has 136 valence electrons. The second kappa shape index (κ2) is 7.29. The number of amides is 1. The first-order chi connectivity index (χ1) is 11.6. The number of aliphatic carboxylic acids is 1. The van der Waals surface area contributed by atoms with Gasteiger partial charge in [0.05, 0.1) is 15.5 Å². The van der Waals surface area contributed by atoms with Crippen molar-refractivity contribution in [2.75, 3.05) is 0 Å². The molecule has 1 fully saturated rings. The monoisotopic (exact) mass is 376 g/mol. The van der Waals surface area contributed by atoms with Gasteiger partial charge in [-0.1, -0.05) is 11.6 Å². The summed E-state index contributed by atoms with van der Waals surface area (Å²) < 4.78 is 4.89. The molecule has 25 heavy (non-hydrogen) atoms. The van der Waals surface area contributed by atoms with Gasteiger partial charge in [-0.15, -0.1) is 0 Å². The highest BCUT2D eigenvalue weighted by Crippen LogP contribution is 2.24. The van der Waals surface area contributed by atoms with E-state index < -0.39 is 47.4 Å². The highest BCUT2D eigenvalue weighted by atomic mass is 35.5. The standard InChI is InChI=1S/C13H13ClN2O9/c14-6-3-4(16(23)24)1-2-5(6)11(20)15-12-9(19)7(17)8(18)10(25-12)13(21)22/h1-3,7-10,12,17-19H,(H,15,20)(H,21,22)/t7-,8-,9+,10-,12+/m0/s1. The fourth-order valence-electron chi connectivity index (χ4n) is 2.21. The average molecular weight is 377 g/mol. The number of carboxylic acid groups (broad SMARTS) is 1. The van der Waals surface area contributed by atoms with Crippen LogP contribution in [0.3, 0.4) is 0 Å². The number of nitro groups is 1. The molecule has 0 unspecified atom stereocenters. The van der Waals surface area contributed by atoms with Gasteiger partial charge in [0, 0.05) is 12.1 Å². The number of ether oxygens (including phenoxy) is 1. The molecule has 11 nitrogen and oxygen atoms in total. The summed E-state index contributed by atoms with van der Waals surface area (Å²) in [5, 5.41) is 50.5. The van der Waals surface area contributed by atoms with Crippen LogP contribution in [-0.4, -0.2) is 67.9 Å². The van der Waals surface area contributed by atoms with Crippen molar-refractivity contribution in [3.63, 3.8) is 0 Å². The SMILES string of the molecule is O=C(N[C@@H]1O[C@H](C(=O)O)[C@@H](O)[C@H](O)[C@H]1O)c1ccc([N+](=O)[O-])cc1Cl. The van der Waals surface area contributed by atoms with Crippen molar-refractivity contribution in [2.24, 2.45) is 0 Å². The lowest BCUT2D eigenvalue weighted by molar-refractivity contribution is -0.384. The average Bonchev–Trinajstić information content (AvgIpc) is 2.54. The Morgan fingerprint density at radius 3 is 2.36 bits per heavy atom. The second-order valence-corrected chi connectivity index (χ2v) is 5.59. The number of nitrogens with zero attached hydrogens (tertiary/aromatic N) is 1. The van der Waals surface area contributed by atoms with E-state index in [2.05, 4.69) is 5.32 Å². The van der Waals surface area contributed by atoms with Crippen LogP contribution in [0.2, 0.25) is 5.02 Å². The lowest BCUT2D eigenvalue weighted by Gasteiger charge is -2.38. The predicted octanol–water partition coefficient (Wildman–Crippen LogP) is -1.13. The molecule has 0 spiro atoms. The van der Waals surface area contributed by atoms with E-state index in [1.165, 1.54) is 0 Å². The smallest absolute Gasteiger partial charge is 0.335 e. The van der Waals surface area contributed by atoms with E-state index in [1.807, 2.05) is 0 Å². The third-order valence-corrected chi connectivity index (χ3v) is 3.85. The van der Waals surface area contributed by atoms with Crippen LogP contribution in [0.1, 0.15) is 10.4 Å². The Bertz CT molecular complexity index is 713. The molecule has 0 radical (unpaired) electrons. The zero-order valence-corrected chi connectivity index (χ0v) is 13.0. The van der Waals surface area contributed by atoms with Crippen LogP contribution in [0.15, 0.2) is 18.2 Å². The Labute approximate surface area is 144 Å². The van der Waals surface area contributed by atoms with Crippen molar-refractivity contribution in [3.8, 4) is 0 Å². The van der Waals surface area contributed by atoms with E-state index in [0.717, 1.165) is 18.2 Å². The maximum atomic E-state index is 12.2. The number of nitro benzene ring substituents is 1. The maximum Gasteiger partial charge on any atom is 0.335 e. The zero-order valence-electron chi connectivity index (χ0n) is 12.3. The number of benzene rings is 1. The second-order valence-electron chi connectivity index (χ2n) is 5.18. The van der Waals surface area contributed by atoms with Crippen molar-refractivity contribution in [1.82, 2.24) is 5.32 Å². The highest BCUT2D eigenvalue weighted by Gasteiger charge is 2.47. The highest BCUT2D eigenvalue weighted by molar-refractivity contribution is 6.34. The largest absolute Gasteiger partial charge is 0.479 e. The lowest BCUT2D eigenvalue weighted by Crippen LogP contribution is -2.64. The molecule has 5 atom stereocenters. The summed E-state index contributed by atoms with van der Waals surface area (Å²) in [5.41, 5.74) is -0.546. The number of aliphatic hydroxyl groups excluding tert-OH is 3. The Hall–Kier alpha value is -2.31. The molecule has 12 heteroatoms. The molecule has 1 saturated heterocycles. The summed E-state index contributed by atoms with van der Waals surface area (Å²) in [6.07, 6.45) is -9.13. The molecule has 1 aliphatic rings. The minimum atomic E-state index is -1.90. The van der Waals surface area contributed by atoms with Crippen molar-refractivity contribution < 1.29 is 39.7 Å². The number of nitrogens with one attached hydrogen (secondary N) is 1. The first-order valence-corrected chi connectivity index (χ1v) is 7.18. The fourth-order valence-corrected chi connectivity index (χ4v) is 2.47. The number of carbonyl (C=O) groups is 2. The topological polar surface area (TPSA) is 179 Å². The van der Waals surface area contributed by atoms with Gasteiger partial charge in [-0.25, -0.2) is 4.79 Å². The van der Waals surface area contributed by atoms with Crippen LogP contribution in [0.5, 0.6) is 0 Å². The molecule has 1 aromatic carbocycles. The van der Waals surface area contributed by atoms with Gasteiger partial charge in [-0.2, -0.15) is 0 Å². The number of carbonyl (C=O) groups excluding carboxylic acids is 1. The first kappa shape index (κ1) is 19.0. The van der Waals surface area contributed by atoms with E-state index in [1.54, 1.807) is 0 Å². The number of rotatable bonds is 4. The van der Waals surface area contributed by atoms with Crippen LogP contribution >= 0.6 is 11.6 Å².